The molecule has 1 fully saturated rings. The topological polar surface area (TPSA) is 141 Å². The Hall–Kier alpha value is -3.31. The van der Waals surface area contributed by atoms with Crippen LogP contribution in [0.2, 0.25) is 0 Å². The van der Waals surface area contributed by atoms with Gasteiger partial charge in [0.2, 0.25) is 0 Å². The smallest absolute Gasteiger partial charge is 0.303 e. The van der Waals surface area contributed by atoms with Crippen molar-refractivity contribution in [2.24, 2.45) is 0 Å². The number of ether oxygens (including phenoxy) is 6. The van der Waals surface area contributed by atoms with E-state index in [-0.39, 0.29) is 25.4 Å². The Morgan fingerprint density at radius 2 is 1.32 bits per heavy atom. The summed E-state index contributed by atoms with van der Waals surface area (Å²) < 4.78 is 32.4. The number of carbonyl (C=O) groups excluding carboxylic acids is 5. The molecule has 0 aromatic heterocycles. The molecule has 0 radical (unpaired) electrons. The molecule has 0 N–H and O–H groups in total. The van der Waals surface area contributed by atoms with Crippen molar-refractivity contribution in [3.05, 3.63) is 35.9 Å². The molecule has 1 aromatic rings. The molecule has 2 rings (SSSR count). The molecule has 1 aliphatic heterocycles. The minimum absolute atomic E-state index is 0.0170. The van der Waals surface area contributed by atoms with Gasteiger partial charge in [0, 0.05) is 39.7 Å². The van der Waals surface area contributed by atoms with E-state index < -0.39 is 54.6 Å². The highest BCUT2D eigenvalue weighted by molar-refractivity contribution is 5.96. The molecule has 1 aromatic carbocycles. The highest BCUT2D eigenvalue weighted by atomic mass is 16.7. The fourth-order valence-corrected chi connectivity index (χ4v) is 3.36. The average Bonchev–Trinajstić information content (AvgIpc) is 2.75. The summed E-state index contributed by atoms with van der Waals surface area (Å²) in [6.07, 6.45) is -6.36. The van der Waals surface area contributed by atoms with Gasteiger partial charge in [0.1, 0.15) is 12.7 Å². The Balaban J connectivity index is 2.26. The molecule has 0 aliphatic carbocycles. The Kier molecular flexibility index (Phi) is 10.1. The van der Waals surface area contributed by atoms with Crippen LogP contribution in [0.15, 0.2) is 30.3 Å². The van der Waals surface area contributed by atoms with Crippen molar-refractivity contribution in [3.8, 4) is 0 Å². The van der Waals surface area contributed by atoms with E-state index in [9.17, 15) is 24.0 Å². The normalized spacial score (nSPS) is 23.9. The van der Waals surface area contributed by atoms with Gasteiger partial charge in [-0.25, -0.2) is 0 Å². The molecule has 11 heteroatoms. The van der Waals surface area contributed by atoms with E-state index in [1.54, 1.807) is 30.3 Å². The van der Waals surface area contributed by atoms with Crippen LogP contribution in [0.5, 0.6) is 0 Å². The molecule has 186 valence electrons. The largest absolute Gasteiger partial charge is 0.463 e. The highest BCUT2D eigenvalue weighted by Crippen LogP contribution is 2.30. The first-order valence-electron chi connectivity index (χ1n) is 10.6. The lowest BCUT2D eigenvalue weighted by atomic mass is 9.98. The van der Waals surface area contributed by atoms with E-state index >= 15 is 0 Å². The molecule has 0 spiro atoms. The minimum Gasteiger partial charge on any atom is -0.463 e. The van der Waals surface area contributed by atoms with Crippen molar-refractivity contribution in [3.63, 3.8) is 0 Å². The molecule has 5 atom stereocenters. The van der Waals surface area contributed by atoms with Gasteiger partial charge in [0.05, 0.1) is 6.61 Å². The Bertz CT molecular complexity index is 882. The summed E-state index contributed by atoms with van der Waals surface area (Å²) in [4.78, 5) is 59.0. The molecule has 1 saturated heterocycles. The van der Waals surface area contributed by atoms with E-state index in [2.05, 4.69) is 0 Å². The number of hydrogen-bond donors (Lipinski definition) is 0. The zero-order valence-electron chi connectivity index (χ0n) is 19.4. The van der Waals surface area contributed by atoms with Crippen LogP contribution in [-0.4, -0.2) is 73.6 Å². The number of Topliss-reactive ketones (excluding diaryl/α,β-unsaturated/α-hetero) is 1. The number of benzene rings is 1. The van der Waals surface area contributed by atoms with Crippen LogP contribution in [0.1, 0.15) is 44.5 Å². The molecule has 1 aliphatic rings. The second kappa shape index (κ2) is 12.8. The lowest BCUT2D eigenvalue weighted by Gasteiger charge is -2.44. The van der Waals surface area contributed by atoms with Crippen molar-refractivity contribution in [1.29, 1.82) is 0 Å². The monoisotopic (exact) mass is 480 g/mol. The van der Waals surface area contributed by atoms with Crippen LogP contribution in [0.25, 0.3) is 0 Å². The van der Waals surface area contributed by atoms with Crippen molar-refractivity contribution >= 4 is 29.7 Å². The second-order valence-electron chi connectivity index (χ2n) is 7.48. The molecule has 0 saturated carbocycles. The first-order chi connectivity index (χ1) is 16.1. The summed E-state index contributed by atoms with van der Waals surface area (Å²) in [7, 11) is 0. The maximum absolute atomic E-state index is 12.4. The predicted octanol–water partition coefficient (Wildman–Crippen LogP) is 1.36. The summed E-state index contributed by atoms with van der Waals surface area (Å²) >= 11 is 0. The van der Waals surface area contributed by atoms with Crippen LogP contribution in [-0.2, 0) is 47.6 Å². The van der Waals surface area contributed by atoms with Crippen LogP contribution < -0.4 is 0 Å². The summed E-state index contributed by atoms with van der Waals surface area (Å²) in [5.41, 5.74) is 0.493. The second-order valence-corrected chi connectivity index (χ2v) is 7.48. The predicted molar refractivity (Wildman–Crippen MR) is 113 cm³/mol. The molecule has 34 heavy (non-hydrogen) atoms. The average molecular weight is 480 g/mol. The number of carbonyl (C=O) groups is 5. The van der Waals surface area contributed by atoms with Gasteiger partial charge >= 0.3 is 23.9 Å². The van der Waals surface area contributed by atoms with E-state index in [1.807, 2.05) is 0 Å². The zero-order valence-corrected chi connectivity index (χ0v) is 19.4. The first kappa shape index (κ1) is 26.9. The Morgan fingerprint density at radius 3 is 1.88 bits per heavy atom. The van der Waals surface area contributed by atoms with Gasteiger partial charge in [-0.2, -0.15) is 0 Å². The van der Waals surface area contributed by atoms with Gasteiger partial charge in [-0.15, -0.1) is 0 Å². The summed E-state index contributed by atoms with van der Waals surface area (Å²) in [6, 6.07) is 8.57. The quantitative estimate of drug-likeness (QED) is 0.272. The van der Waals surface area contributed by atoms with Gasteiger partial charge < -0.3 is 28.4 Å². The molecular weight excluding hydrogens is 452 g/mol. The first-order valence-corrected chi connectivity index (χ1v) is 10.6. The van der Waals surface area contributed by atoms with Gasteiger partial charge in [-0.05, 0) is 0 Å². The Morgan fingerprint density at radius 1 is 0.765 bits per heavy atom. The third kappa shape index (κ3) is 8.23. The van der Waals surface area contributed by atoms with Crippen LogP contribution in [0, 0.1) is 0 Å². The molecule has 1 heterocycles. The number of esters is 4. The van der Waals surface area contributed by atoms with Gasteiger partial charge in [0.15, 0.2) is 30.4 Å². The summed E-state index contributed by atoms with van der Waals surface area (Å²) in [5, 5.41) is 0. The van der Waals surface area contributed by atoms with Crippen LogP contribution >= 0.6 is 0 Å². The summed E-state index contributed by atoms with van der Waals surface area (Å²) in [6.45, 7) is 4.08. The lowest BCUT2D eigenvalue weighted by Crippen LogP contribution is -2.63. The standard InChI is InChI=1S/C23H28O11/c1-13(24)30-12-19-20(31-14(2)25)21(32-15(3)26)22(33-16(4)27)23(34-19)29-11-10-18(28)17-8-6-5-7-9-17/h5-9,19-23H,10-12H2,1-4H3/t19-,20-,21+,22-,23+/m1/s1. The number of ketones is 1. The van der Waals surface area contributed by atoms with Gasteiger partial charge in [-0.1, -0.05) is 30.3 Å². The van der Waals surface area contributed by atoms with Gasteiger partial charge in [-0.3, -0.25) is 24.0 Å². The minimum atomic E-state index is -1.33. The highest BCUT2D eigenvalue weighted by Gasteiger charge is 2.52. The van der Waals surface area contributed by atoms with Crippen molar-refractivity contribution in [1.82, 2.24) is 0 Å². The maximum atomic E-state index is 12.4. The van der Waals surface area contributed by atoms with Crippen molar-refractivity contribution in [2.45, 2.75) is 64.8 Å². The van der Waals surface area contributed by atoms with Gasteiger partial charge in [0.25, 0.3) is 0 Å². The molecule has 0 unspecified atom stereocenters. The van der Waals surface area contributed by atoms with E-state index in [0.29, 0.717) is 5.56 Å². The number of rotatable bonds is 10. The van der Waals surface area contributed by atoms with E-state index in [0.717, 1.165) is 20.8 Å². The third-order valence-electron chi connectivity index (χ3n) is 4.66. The van der Waals surface area contributed by atoms with Crippen molar-refractivity contribution in [2.75, 3.05) is 13.2 Å². The zero-order chi connectivity index (χ0) is 25.3. The number of hydrogen-bond acceptors (Lipinski definition) is 11. The SMILES string of the molecule is CC(=O)OC[C@H]1O[C@H](OCCC(=O)c2ccccc2)[C@H](OC(C)=O)[C@@H](OC(C)=O)[C@@H]1OC(C)=O. The third-order valence-corrected chi connectivity index (χ3v) is 4.66. The molecule has 0 amide bonds. The van der Waals surface area contributed by atoms with E-state index in [1.165, 1.54) is 6.92 Å². The lowest BCUT2D eigenvalue weighted by molar-refractivity contribution is -0.307. The fraction of sp³-hybridized carbons (Fsp3) is 0.522. The maximum Gasteiger partial charge on any atom is 0.303 e. The Labute approximate surface area is 196 Å². The molecule has 0 bridgehead atoms. The molecule has 11 nitrogen and oxygen atoms in total. The summed E-state index contributed by atoms with van der Waals surface area (Å²) in [5.74, 6) is -3.02. The van der Waals surface area contributed by atoms with Crippen molar-refractivity contribution < 1.29 is 52.4 Å². The van der Waals surface area contributed by atoms with Crippen LogP contribution in [0.4, 0.5) is 0 Å². The van der Waals surface area contributed by atoms with Crippen LogP contribution in [0.3, 0.4) is 0 Å². The fourth-order valence-electron chi connectivity index (χ4n) is 3.36. The van der Waals surface area contributed by atoms with E-state index in [4.69, 9.17) is 28.4 Å². The molecular formula is C23H28O11.